The first-order valence-corrected chi connectivity index (χ1v) is 34.1. The number of nitrogens with two attached hydrogens (primary N) is 1. The van der Waals surface area contributed by atoms with Crippen molar-refractivity contribution in [3.8, 4) is 0 Å². The number of nitrogens with zero attached hydrogens (tertiary/aromatic N) is 4. The fourth-order valence-electron chi connectivity index (χ4n) is 12.5. The molecule has 1 saturated carbocycles. The predicted molar refractivity (Wildman–Crippen MR) is 364 cm³/mol. The minimum Gasteiger partial charge on any atom is -0.445 e. The summed E-state index contributed by atoms with van der Waals surface area (Å²) >= 11 is 0. The Morgan fingerprint density at radius 1 is 0.724 bits per heavy atom. The molecule has 12 amide bonds. The minimum absolute atomic E-state index is 0.00747. The van der Waals surface area contributed by atoms with Crippen molar-refractivity contribution in [3.63, 3.8) is 0 Å². The number of hydrogen-bond acceptors (Lipinski definition) is 17. The third-order valence-electron chi connectivity index (χ3n) is 18.7. The van der Waals surface area contributed by atoms with Crippen LogP contribution in [0.5, 0.6) is 0 Å². The van der Waals surface area contributed by atoms with Gasteiger partial charge in [0.1, 0.15) is 30.3 Å². The van der Waals surface area contributed by atoms with E-state index in [-0.39, 0.29) is 89.5 Å². The number of imide groups is 1. The maximum absolute atomic E-state index is 15.0. The van der Waals surface area contributed by atoms with Gasteiger partial charge in [-0.2, -0.15) is 0 Å². The highest BCUT2D eigenvalue weighted by Gasteiger charge is 2.46. The second-order valence-electron chi connectivity index (χ2n) is 26.7. The van der Waals surface area contributed by atoms with Crippen LogP contribution in [0.2, 0.25) is 0 Å². The maximum Gasteiger partial charge on any atom is 0.410 e. The minimum atomic E-state index is -1.55. The molecule has 544 valence electrons. The fourth-order valence-corrected chi connectivity index (χ4v) is 12.5. The summed E-state index contributed by atoms with van der Waals surface area (Å²) in [6, 6.07) is 9.83. The monoisotopic (exact) mass is 1370 g/mol. The normalized spacial score (nSPS) is 17.8. The number of primary amides is 1. The molecule has 2 aliphatic heterocycles. The van der Waals surface area contributed by atoms with E-state index in [0.717, 1.165) is 41.9 Å². The van der Waals surface area contributed by atoms with Gasteiger partial charge in [0.2, 0.25) is 41.4 Å². The molecule has 2 aromatic carbocycles. The molecule has 28 heteroatoms. The van der Waals surface area contributed by atoms with Gasteiger partial charge >= 0.3 is 12.1 Å². The van der Waals surface area contributed by atoms with Crippen molar-refractivity contribution in [3.05, 3.63) is 77.9 Å². The van der Waals surface area contributed by atoms with Crippen molar-refractivity contribution in [2.75, 3.05) is 79.7 Å². The number of likely N-dealkylation sites (tertiary alicyclic amines) is 1. The SMILES string of the molecule is COC(CC(=O)N1CCCC1C(OC)C(C)C(=O)NC(C)C(O)c1ccccc1)C(C1CCCCC1)N(C)C(=O)C(NC(=O)C(C)(C)N(C)C(=O)OCc1ccc(NC(=O)C(CCCNC(N)=O)NC(=O)C(NC(=O)CCOCCOCCN2C(=O)C=CC2=O)C(C)C)cc1)C(C)C. The lowest BCUT2D eigenvalue weighted by atomic mass is 9.80. The first-order valence-electron chi connectivity index (χ1n) is 34.1. The number of benzene rings is 2. The number of carbonyl (C=O) groups is 11. The Kier molecular flexibility index (Phi) is 32.5. The van der Waals surface area contributed by atoms with E-state index in [1.54, 1.807) is 80.9 Å². The molecule has 2 heterocycles. The van der Waals surface area contributed by atoms with E-state index in [1.807, 2.05) is 32.0 Å². The first-order chi connectivity index (χ1) is 46.5. The number of rotatable bonds is 39. The van der Waals surface area contributed by atoms with Crippen LogP contribution in [0.1, 0.15) is 143 Å². The molecule has 9 N–H and O–H groups in total. The molecule has 2 fully saturated rings. The number of anilines is 1. The van der Waals surface area contributed by atoms with Crippen LogP contribution in [0.15, 0.2) is 66.7 Å². The van der Waals surface area contributed by atoms with Crippen LogP contribution in [-0.2, 0) is 73.4 Å². The van der Waals surface area contributed by atoms with E-state index in [2.05, 4.69) is 31.9 Å². The number of methoxy groups -OCH3 is 2. The van der Waals surface area contributed by atoms with Crippen molar-refractivity contribution >= 4 is 71.0 Å². The molecule has 3 aliphatic rings. The van der Waals surface area contributed by atoms with E-state index < -0.39 is 131 Å². The Bertz CT molecular complexity index is 3000. The van der Waals surface area contributed by atoms with Gasteiger partial charge < -0.3 is 76.2 Å². The number of nitrogens with one attached hydrogen (secondary N) is 6. The molecule has 2 aromatic rings. The molecular formula is C70H107N11O17. The fraction of sp³-hybridized carbons (Fsp3) is 0.643. The second-order valence-corrected chi connectivity index (χ2v) is 26.7. The molecule has 28 nitrogen and oxygen atoms in total. The van der Waals surface area contributed by atoms with Gasteiger partial charge in [0, 0.05) is 65.7 Å². The molecule has 0 spiro atoms. The number of amides is 12. The molecule has 98 heavy (non-hydrogen) atoms. The number of carbonyl (C=O) groups excluding carboxylic acids is 11. The van der Waals surface area contributed by atoms with E-state index in [9.17, 15) is 57.8 Å². The van der Waals surface area contributed by atoms with Gasteiger partial charge in [0.15, 0.2) is 0 Å². The summed E-state index contributed by atoms with van der Waals surface area (Å²) in [5.41, 5.74) is 5.21. The smallest absolute Gasteiger partial charge is 0.410 e. The summed E-state index contributed by atoms with van der Waals surface area (Å²) < 4.78 is 28.8. The van der Waals surface area contributed by atoms with Gasteiger partial charge in [-0.25, -0.2) is 9.59 Å². The van der Waals surface area contributed by atoms with Crippen LogP contribution in [-0.4, -0.2) is 218 Å². The molecule has 0 bridgehead atoms. The lowest BCUT2D eigenvalue weighted by Gasteiger charge is -2.43. The van der Waals surface area contributed by atoms with Gasteiger partial charge in [0.25, 0.3) is 11.8 Å². The van der Waals surface area contributed by atoms with Gasteiger partial charge in [-0.15, -0.1) is 0 Å². The van der Waals surface area contributed by atoms with E-state index in [0.29, 0.717) is 36.2 Å². The summed E-state index contributed by atoms with van der Waals surface area (Å²) in [7, 11) is 6.15. The highest BCUT2D eigenvalue weighted by atomic mass is 16.6. The highest BCUT2D eigenvalue weighted by Crippen LogP contribution is 2.35. The average molecular weight is 1370 g/mol. The Morgan fingerprint density at radius 2 is 1.36 bits per heavy atom. The van der Waals surface area contributed by atoms with Crippen LogP contribution in [0.3, 0.4) is 0 Å². The molecule has 1 saturated heterocycles. The zero-order valence-corrected chi connectivity index (χ0v) is 59.1. The van der Waals surface area contributed by atoms with Gasteiger partial charge in [-0.3, -0.25) is 53.0 Å². The summed E-state index contributed by atoms with van der Waals surface area (Å²) in [6.45, 7) is 14.4. The van der Waals surface area contributed by atoms with Gasteiger partial charge in [-0.1, -0.05) is 96.3 Å². The largest absolute Gasteiger partial charge is 0.445 e. The molecular weight excluding hydrogens is 1270 g/mol. The van der Waals surface area contributed by atoms with Crippen LogP contribution in [0.25, 0.3) is 0 Å². The average Bonchev–Trinajstić information content (AvgIpc) is 1.70. The third kappa shape index (κ3) is 23.6. The summed E-state index contributed by atoms with van der Waals surface area (Å²) in [6.07, 6.45) is 5.10. The summed E-state index contributed by atoms with van der Waals surface area (Å²) in [5, 5.41) is 27.6. The van der Waals surface area contributed by atoms with Crippen molar-refractivity contribution in [1.29, 1.82) is 0 Å². The Hall–Kier alpha value is -8.05. The molecule has 1 aliphatic carbocycles. The molecule has 10 atom stereocenters. The number of ether oxygens (including phenoxy) is 5. The zero-order valence-electron chi connectivity index (χ0n) is 59.1. The third-order valence-corrected chi connectivity index (χ3v) is 18.7. The van der Waals surface area contributed by atoms with Crippen molar-refractivity contribution in [1.82, 2.24) is 46.2 Å². The summed E-state index contributed by atoms with van der Waals surface area (Å²) in [5.74, 6) is -5.62. The topological polar surface area (TPSA) is 365 Å². The van der Waals surface area contributed by atoms with Gasteiger partial charge in [-0.05, 0) is 100 Å². The lowest BCUT2D eigenvalue weighted by Crippen LogP contribution is -2.62. The second kappa shape index (κ2) is 39.5. The molecule has 10 unspecified atom stereocenters. The zero-order chi connectivity index (χ0) is 72.4. The van der Waals surface area contributed by atoms with E-state index >= 15 is 0 Å². The van der Waals surface area contributed by atoms with Gasteiger partial charge in [0.05, 0.1) is 81.7 Å². The van der Waals surface area contributed by atoms with Crippen molar-refractivity contribution < 1.29 is 81.5 Å². The standard InChI is InChI=1S/C70H107N11O17/c1-43(2)58(76-54(82)33-37-96-39-40-97-38-36-81-55(83)31-32-56(81)84)65(89)75-51(25-19-34-72-68(71)92)64(88)74-50-29-27-47(28-30-50)42-98-69(93)79(10)70(7,8)67(91)77-59(44(3)4)66(90)78(9)60(48-21-15-13-16-22-48)53(94-11)41-57(85)80-35-20-26-52(80)62(95-12)45(5)63(87)73-46(6)61(86)49-23-17-14-18-24-49/h14,17-18,23-24,27-32,43-46,48,51-53,58-62,86H,13,15-16,19-22,25-26,33-42H2,1-12H3,(H,73,87)(H,74,88)(H,75,89)(H,76,82)(H,77,91)(H3,71,72,92). The lowest BCUT2D eigenvalue weighted by molar-refractivity contribution is -0.149. The van der Waals surface area contributed by atoms with Crippen LogP contribution >= 0.6 is 0 Å². The number of aliphatic hydroxyl groups is 1. The van der Waals surface area contributed by atoms with Crippen LogP contribution in [0, 0.1) is 23.7 Å². The Labute approximate surface area is 576 Å². The Morgan fingerprint density at radius 3 is 1.96 bits per heavy atom. The van der Waals surface area contributed by atoms with Crippen molar-refractivity contribution in [2.45, 2.75) is 193 Å². The maximum atomic E-state index is 15.0. The Balaban J connectivity index is 1.16. The van der Waals surface area contributed by atoms with E-state index in [4.69, 9.17) is 29.4 Å². The molecule has 0 aromatic heterocycles. The van der Waals surface area contributed by atoms with Crippen molar-refractivity contribution in [2.24, 2.45) is 29.4 Å². The number of hydrogen-bond donors (Lipinski definition) is 8. The predicted octanol–water partition coefficient (Wildman–Crippen LogP) is 4.23. The number of aliphatic hydroxyl groups excluding tert-OH is 1. The highest BCUT2D eigenvalue weighted by molar-refractivity contribution is 6.12. The molecule has 0 radical (unpaired) electrons. The number of likely N-dealkylation sites (N-methyl/N-ethyl adjacent to an activating group) is 2. The van der Waals surface area contributed by atoms with E-state index in [1.165, 1.54) is 47.3 Å². The first kappa shape index (κ1) is 80.6. The summed E-state index contributed by atoms with van der Waals surface area (Å²) in [4.78, 5) is 152. The molecule has 5 rings (SSSR count). The van der Waals surface area contributed by atoms with Crippen LogP contribution in [0.4, 0.5) is 15.3 Å². The van der Waals surface area contributed by atoms with Crippen LogP contribution < -0.4 is 37.6 Å². The quantitative estimate of drug-likeness (QED) is 0.0343. The number of urea groups is 1.